The Balaban J connectivity index is 2.32. The molecule has 0 amide bonds. The number of benzene rings is 1. The van der Waals surface area contributed by atoms with Crippen molar-refractivity contribution in [2.24, 2.45) is 0 Å². The number of aromatic nitrogens is 2. The summed E-state index contributed by atoms with van der Waals surface area (Å²) in [5.41, 5.74) is 1.43. The minimum atomic E-state index is -0.455. The molecule has 5 heteroatoms. The Hall–Kier alpha value is -2.45. The Labute approximate surface area is 115 Å². The van der Waals surface area contributed by atoms with Gasteiger partial charge in [0.2, 0.25) is 0 Å². The van der Waals surface area contributed by atoms with Crippen LogP contribution in [0.4, 0.5) is 4.39 Å². The number of halogens is 1. The van der Waals surface area contributed by atoms with E-state index in [0.717, 1.165) is 5.56 Å². The lowest BCUT2D eigenvalue weighted by molar-refractivity contribution is 0.350. The van der Waals surface area contributed by atoms with E-state index in [1.165, 1.54) is 23.0 Å². The first-order chi connectivity index (χ1) is 9.60. The number of aliphatic hydroxyl groups is 1. The van der Waals surface area contributed by atoms with Crippen LogP contribution in [0, 0.1) is 24.6 Å². The van der Waals surface area contributed by atoms with E-state index in [1.807, 2.05) is 0 Å². The maximum Gasteiger partial charge on any atom is 0.253 e. The van der Waals surface area contributed by atoms with Crippen molar-refractivity contribution in [1.82, 2.24) is 9.55 Å². The van der Waals surface area contributed by atoms with Gasteiger partial charge in [0.25, 0.3) is 5.56 Å². The first-order valence-electron chi connectivity index (χ1n) is 6.01. The minimum absolute atomic E-state index is 0.162. The van der Waals surface area contributed by atoms with Gasteiger partial charge in [-0.1, -0.05) is 17.9 Å². The lowest BCUT2D eigenvalue weighted by Gasteiger charge is -2.06. The zero-order valence-corrected chi connectivity index (χ0v) is 10.9. The van der Waals surface area contributed by atoms with Crippen molar-refractivity contribution in [2.45, 2.75) is 13.5 Å². The number of aliphatic hydroxyl groups excluding tert-OH is 1. The smallest absolute Gasteiger partial charge is 0.253 e. The SMILES string of the molecule is Cc1cc(=O)n(Cc2ccc(F)c(C#CCO)c2)cn1. The topological polar surface area (TPSA) is 55.1 Å². The number of aryl methyl sites for hydroxylation is 1. The van der Waals surface area contributed by atoms with Gasteiger partial charge in [-0.05, 0) is 24.6 Å². The van der Waals surface area contributed by atoms with Crippen LogP contribution in [-0.2, 0) is 6.54 Å². The van der Waals surface area contributed by atoms with Gasteiger partial charge in [0.1, 0.15) is 12.4 Å². The highest BCUT2D eigenvalue weighted by molar-refractivity contribution is 5.38. The molecule has 2 rings (SSSR count). The van der Waals surface area contributed by atoms with Gasteiger partial charge in [-0.15, -0.1) is 0 Å². The molecule has 4 nitrogen and oxygen atoms in total. The third kappa shape index (κ3) is 3.31. The fourth-order valence-electron chi connectivity index (χ4n) is 1.73. The Kier molecular flexibility index (Phi) is 4.28. The van der Waals surface area contributed by atoms with Crippen LogP contribution >= 0.6 is 0 Å². The fourth-order valence-corrected chi connectivity index (χ4v) is 1.73. The summed E-state index contributed by atoms with van der Waals surface area (Å²) in [6, 6.07) is 5.88. The molecule has 0 aliphatic carbocycles. The zero-order valence-electron chi connectivity index (χ0n) is 10.9. The van der Waals surface area contributed by atoms with E-state index in [-0.39, 0.29) is 17.7 Å². The van der Waals surface area contributed by atoms with Crippen LogP contribution in [0.3, 0.4) is 0 Å². The first-order valence-corrected chi connectivity index (χ1v) is 6.01. The average molecular weight is 272 g/mol. The average Bonchev–Trinajstić information content (AvgIpc) is 2.42. The van der Waals surface area contributed by atoms with Gasteiger partial charge in [0, 0.05) is 11.8 Å². The molecule has 2 aromatic rings. The molecule has 1 heterocycles. The predicted octanol–water partition coefficient (Wildman–Crippen LogP) is 1.08. The molecule has 0 aliphatic heterocycles. The van der Waals surface area contributed by atoms with Crippen molar-refractivity contribution in [3.05, 3.63) is 63.6 Å². The number of rotatable bonds is 2. The summed E-state index contributed by atoms with van der Waals surface area (Å²) in [6.07, 6.45) is 1.46. The summed E-state index contributed by atoms with van der Waals surface area (Å²) in [7, 11) is 0. The van der Waals surface area contributed by atoms with Crippen molar-refractivity contribution < 1.29 is 9.50 Å². The third-order valence-corrected chi connectivity index (χ3v) is 2.70. The maximum atomic E-state index is 13.5. The normalized spacial score (nSPS) is 9.95. The van der Waals surface area contributed by atoms with Gasteiger partial charge in [-0.25, -0.2) is 9.37 Å². The molecule has 1 aromatic carbocycles. The lowest BCUT2D eigenvalue weighted by Crippen LogP contribution is -2.20. The second-order valence-electron chi connectivity index (χ2n) is 4.27. The molecule has 0 bridgehead atoms. The van der Waals surface area contributed by atoms with Gasteiger partial charge in [0.15, 0.2) is 0 Å². The van der Waals surface area contributed by atoms with Crippen LogP contribution in [-0.4, -0.2) is 21.3 Å². The van der Waals surface area contributed by atoms with Gasteiger partial charge >= 0.3 is 0 Å². The molecule has 0 radical (unpaired) electrons. The number of nitrogens with zero attached hydrogens (tertiary/aromatic N) is 2. The lowest BCUT2D eigenvalue weighted by atomic mass is 10.1. The quantitative estimate of drug-likeness (QED) is 0.832. The summed E-state index contributed by atoms with van der Waals surface area (Å²) < 4.78 is 14.9. The van der Waals surface area contributed by atoms with Crippen molar-refractivity contribution >= 4 is 0 Å². The van der Waals surface area contributed by atoms with Gasteiger partial charge < -0.3 is 5.11 Å². The van der Waals surface area contributed by atoms with Crippen LogP contribution < -0.4 is 5.56 Å². The Bertz CT molecular complexity index is 742. The second kappa shape index (κ2) is 6.13. The monoisotopic (exact) mass is 272 g/mol. The van der Waals surface area contributed by atoms with Crippen LogP contribution in [0.2, 0.25) is 0 Å². The molecule has 0 fully saturated rings. The molecule has 1 N–H and O–H groups in total. The third-order valence-electron chi connectivity index (χ3n) is 2.70. The highest BCUT2D eigenvalue weighted by Crippen LogP contribution is 2.10. The van der Waals surface area contributed by atoms with Gasteiger partial charge in [-0.3, -0.25) is 9.36 Å². The van der Waals surface area contributed by atoms with Crippen molar-refractivity contribution in [2.75, 3.05) is 6.61 Å². The van der Waals surface area contributed by atoms with E-state index < -0.39 is 5.82 Å². The summed E-state index contributed by atoms with van der Waals surface area (Å²) in [4.78, 5) is 15.8. The summed E-state index contributed by atoms with van der Waals surface area (Å²) in [5.74, 6) is 4.48. The molecular formula is C15H13FN2O2. The highest BCUT2D eigenvalue weighted by atomic mass is 19.1. The molecule has 0 spiro atoms. The molecule has 0 aliphatic rings. The largest absolute Gasteiger partial charge is 0.384 e. The van der Waals surface area contributed by atoms with E-state index in [0.29, 0.717) is 12.2 Å². The van der Waals surface area contributed by atoms with Crippen LogP contribution in [0.5, 0.6) is 0 Å². The van der Waals surface area contributed by atoms with E-state index in [2.05, 4.69) is 16.8 Å². The standard InChI is InChI=1S/C15H13FN2O2/c1-11-7-15(20)18(10-17-11)9-12-4-5-14(16)13(8-12)3-2-6-19/h4-5,7-8,10,19H,6,9H2,1H3. The molecule has 0 saturated carbocycles. The minimum Gasteiger partial charge on any atom is -0.384 e. The summed E-state index contributed by atoms with van der Waals surface area (Å²) in [6.45, 7) is 1.71. The maximum absolute atomic E-state index is 13.5. The summed E-state index contributed by atoms with van der Waals surface area (Å²) >= 11 is 0. The van der Waals surface area contributed by atoms with Crippen molar-refractivity contribution in [3.8, 4) is 11.8 Å². The molecule has 1 aromatic heterocycles. The molecule has 0 atom stereocenters. The van der Waals surface area contributed by atoms with E-state index >= 15 is 0 Å². The van der Waals surface area contributed by atoms with Crippen molar-refractivity contribution in [3.63, 3.8) is 0 Å². The zero-order chi connectivity index (χ0) is 14.5. The van der Waals surface area contributed by atoms with Gasteiger partial charge in [0.05, 0.1) is 18.4 Å². The molecule has 20 heavy (non-hydrogen) atoms. The Morgan fingerprint density at radius 3 is 2.90 bits per heavy atom. The van der Waals surface area contributed by atoms with E-state index in [9.17, 15) is 9.18 Å². The second-order valence-corrected chi connectivity index (χ2v) is 4.27. The van der Waals surface area contributed by atoms with Gasteiger partial charge in [-0.2, -0.15) is 0 Å². The molecule has 102 valence electrons. The molecule has 0 saturated heterocycles. The Morgan fingerprint density at radius 2 is 2.20 bits per heavy atom. The number of hydrogen-bond donors (Lipinski definition) is 1. The van der Waals surface area contributed by atoms with E-state index in [4.69, 9.17) is 5.11 Å². The highest BCUT2D eigenvalue weighted by Gasteiger charge is 2.03. The predicted molar refractivity (Wildman–Crippen MR) is 72.7 cm³/mol. The van der Waals surface area contributed by atoms with E-state index in [1.54, 1.807) is 19.1 Å². The van der Waals surface area contributed by atoms with Crippen molar-refractivity contribution in [1.29, 1.82) is 0 Å². The fraction of sp³-hybridized carbons (Fsp3) is 0.200. The van der Waals surface area contributed by atoms with Crippen LogP contribution in [0.25, 0.3) is 0 Å². The van der Waals surface area contributed by atoms with Crippen LogP contribution in [0.15, 0.2) is 35.4 Å². The summed E-state index contributed by atoms with van der Waals surface area (Å²) in [5, 5.41) is 8.64. The van der Waals surface area contributed by atoms with Crippen LogP contribution in [0.1, 0.15) is 16.8 Å². The Morgan fingerprint density at radius 1 is 1.40 bits per heavy atom. The molecular weight excluding hydrogens is 259 g/mol. The number of hydrogen-bond acceptors (Lipinski definition) is 3. The first kappa shape index (κ1) is 14.0. The molecule has 0 unspecified atom stereocenters.